The molecule has 2 spiro atoms. The van der Waals surface area contributed by atoms with Gasteiger partial charge in [0, 0.05) is 22.0 Å². The van der Waals surface area contributed by atoms with Gasteiger partial charge < -0.3 is 0 Å². The smallest absolute Gasteiger partial charge is 0.190 e. The molecule has 0 radical (unpaired) electrons. The summed E-state index contributed by atoms with van der Waals surface area (Å²) in [5.74, 6) is 0.395. The lowest BCUT2D eigenvalue weighted by Crippen LogP contribution is -2.56. The highest BCUT2D eigenvalue weighted by atomic mass is 33.1. The van der Waals surface area contributed by atoms with Crippen molar-refractivity contribution in [3.63, 3.8) is 0 Å². The van der Waals surface area contributed by atoms with E-state index in [1.54, 1.807) is 33.3 Å². The predicted octanol–water partition coefficient (Wildman–Crippen LogP) is 7.22. The number of Topliss-reactive ketones (excluding diaryl/α,β-unsaturated/α-hetero) is 2. The number of hydrogen-bond acceptors (Lipinski definition) is 5. The van der Waals surface area contributed by atoms with Crippen molar-refractivity contribution in [2.24, 2.45) is 10.8 Å². The van der Waals surface area contributed by atoms with Crippen LogP contribution in [-0.2, 0) is 12.8 Å². The summed E-state index contributed by atoms with van der Waals surface area (Å²) in [6, 6.07) is 16.1. The molecular weight excluding hydrogens is 440 g/mol. The number of carbonyl (C=O) groups excluding carboxylic acids is 2. The van der Waals surface area contributed by atoms with Crippen molar-refractivity contribution in [3.05, 3.63) is 70.8 Å². The van der Waals surface area contributed by atoms with E-state index in [1.165, 1.54) is 0 Å². The van der Waals surface area contributed by atoms with Crippen LogP contribution >= 0.6 is 33.3 Å². The molecule has 0 N–H and O–H groups in total. The van der Waals surface area contributed by atoms with Crippen molar-refractivity contribution < 1.29 is 9.59 Å². The zero-order chi connectivity index (χ0) is 22.1. The molecule has 2 nitrogen and oxygen atoms in total. The lowest BCUT2D eigenvalue weighted by atomic mass is 9.69. The van der Waals surface area contributed by atoms with E-state index in [2.05, 4.69) is 39.8 Å². The van der Waals surface area contributed by atoms with E-state index >= 15 is 0 Å². The number of ketones is 2. The third-order valence-corrected chi connectivity index (χ3v) is 15.2. The molecule has 2 aromatic carbocycles. The number of rotatable bonds is 2. The summed E-state index contributed by atoms with van der Waals surface area (Å²) < 4.78 is -1.31. The highest BCUT2D eigenvalue weighted by molar-refractivity contribution is 8.84. The number of benzene rings is 2. The molecule has 0 aromatic heterocycles. The first-order valence-electron chi connectivity index (χ1n) is 11.1. The quantitative estimate of drug-likeness (QED) is 0.435. The van der Waals surface area contributed by atoms with E-state index in [9.17, 15) is 9.59 Å². The highest BCUT2D eigenvalue weighted by Crippen LogP contribution is 2.78. The monoisotopic (exact) mass is 468 g/mol. The minimum absolute atomic E-state index is 0.197. The van der Waals surface area contributed by atoms with E-state index in [4.69, 9.17) is 0 Å². The van der Waals surface area contributed by atoms with Gasteiger partial charge in [-0.15, -0.1) is 11.8 Å². The number of hydrogen-bond donors (Lipinski definition) is 0. The van der Waals surface area contributed by atoms with Gasteiger partial charge in [-0.25, -0.2) is 0 Å². The molecule has 31 heavy (non-hydrogen) atoms. The fraction of sp³-hybridized carbons (Fsp3) is 0.462. The number of carbonyl (C=O) groups is 2. The van der Waals surface area contributed by atoms with Gasteiger partial charge in [-0.1, -0.05) is 97.8 Å². The van der Waals surface area contributed by atoms with E-state index in [1.807, 2.05) is 36.4 Å². The summed E-state index contributed by atoms with van der Waals surface area (Å²) in [5, 5.41) is 0. The van der Waals surface area contributed by atoms with Crippen molar-refractivity contribution >= 4 is 44.9 Å². The second kappa shape index (κ2) is 7.16. The molecular formula is C26H28O2S3. The first kappa shape index (κ1) is 21.7. The molecule has 1 saturated heterocycles. The van der Waals surface area contributed by atoms with Crippen LogP contribution in [0.3, 0.4) is 0 Å². The van der Waals surface area contributed by atoms with Gasteiger partial charge >= 0.3 is 0 Å². The van der Waals surface area contributed by atoms with Crippen LogP contribution in [-0.4, -0.2) is 19.7 Å². The van der Waals surface area contributed by atoms with Gasteiger partial charge in [0.1, 0.15) is 8.16 Å². The lowest BCUT2D eigenvalue weighted by molar-refractivity contribution is 0.0870. The summed E-state index contributed by atoms with van der Waals surface area (Å²) in [5.41, 5.74) is 3.55. The fourth-order valence-corrected chi connectivity index (χ4v) is 13.4. The SMILES string of the molecule is CC[C@@]1(C)Cc2ccccc2C(=O)[C@]12SS[C@@]1(S2)C(=O)c2ccccc2C[C@@]1(C)CC. The van der Waals surface area contributed by atoms with Crippen molar-refractivity contribution in [1.29, 1.82) is 0 Å². The molecule has 1 heterocycles. The molecule has 4 atom stereocenters. The van der Waals surface area contributed by atoms with E-state index in [0.29, 0.717) is 0 Å². The maximum absolute atomic E-state index is 14.1. The van der Waals surface area contributed by atoms with Crippen LogP contribution < -0.4 is 0 Å². The largest absolute Gasteiger partial charge is 0.292 e. The van der Waals surface area contributed by atoms with Gasteiger partial charge in [0.05, 0.1) is 0 Å². The Balaban J connectivity index is 1.68. The van der Waals surface area contributed by atoms with Crippen LogP contribution in [0.1, 0.15) is 72.4 Å². The minimum atomic E-state index is -0.654. The summed E-state index contributed by atoms with van der Waals surface area (Å²) in [6.07, 6.45) is 3.54. The van der Waals surface area contributed by atoms with Crippen molar-refractivity contribution in [2.45, 2.75) is 61.5 Å². The van der Waals surface area contributed by atoms with E-state index in [-0.39, 0.29) is 22.4 Å². The Morgan fingerprint density at radius 2 is 1.10 bits per heavy atom. The lowest BCUT2D eigenvalue weighted by Gasteiger charge is -2.51. The topological polar surface area (TPSA) is 34.1 Å². The summed E-state index contributed by atoms with van der Waals surface area (Å²) in [6.45, 7) is 8.89. The molecule has 0 saturated carbocycles. The first-order valence-corrected chi connectivity index (χ1v) is 14.0. The minimum Gasteiger partial charge on any atom is -0.292 e. The second-order valence-electron chi connectivity index (χ2n) is 9.66. The number of fused-ring (bicyclic) bond motifs is 2. The van der Waals surface area contributed by atoms with Crippen LogP contribution in [0, 0.1) is 10.8 Å². The fourth-order valence-electron chi connectivity index (χ4n) is 5.45. The van der Waals surface area contributed by atoms with Gasteiger partial charge in [-0.3, -0.25) is 9.59 Å². The van der Waals surface area contributed by atoms with E-state index in [0.717, 1.165) is 47.9 Å². The molecule has 0 bridgehead atoms. The molecule has 3 aliphatic rings. The van der Waals surface area contributed by atoms with Crippen LogP contribution in [0.5, 0.6) is 0 Å². The standard InChI is InChI=1S/C26H28O2S3/c1-5-23(3)15-17-11-7-9-13-19(17)21(27)25(23)29-26(31-30-25)22(28)20-14-10-8-12-18(20)16-24(26,4)6-2/h7-14H,5-6,15-16H2,1-4H3/t23-,24+,25-,26-/m0/s1. The Morgan fingerprint density at radius 1 is 0.710 bits per heavy atom. The molecule has 0 amide bonds. The Kier molecular flexibility index (Phi) is 5.01. The molecule has 5 rings (SSSR count). The molecule has 2 aliphatic carbocycles. The Hall–Kier alpha value is -1.17. The third-order valence-electron chi connectivity index (χ3n) is 8.00. The normalized spacial score (nSPS) is 36.6. The van der Waals surface area contributed by atoms with E-state index < -0.39 is 8.16 Å². The average molecular weight is 469 g/mol. The second-order valence-corrected chi connectivity index (χ2v) is 14.2. The molecule has 1 aliphatic heterocycles. The maximum atomic E-state index is 14.1. The van der Waals surface area contributed by atoms with Gasteiger partial charge in [-0.2, -0.15) is 0 Å². The molecule has 1 fully saturated rings. The van der Waals surface area contributed by atoms with Gasteiger partial charge in [0.15, 0.2) is 11.6 Å². The zero-order valence-electron chi connectivity index (χ0n) is 18.5. The predicted molar refractivity (Wildman–Crippen MR) is 134 cm³/mol. The van der Waals surface area contributed by atoms with Crippen molar-refractivity contribution in [2.75, 3.05) is 0 Å². The van der Waals surface area contributed by atoms with Crippen LogP contribution in [0.15, 0.2) is 48.5 Å². The summed E-state index contributed by atoms with van der Waals surface area (Å²) in [7, 11) is 3.36. The Bertz CT molecular complexity index is 1010. The van der Waals surface area contributed by atoms with Gasteiger partial charge in [0.2, 0.25) is 0 Å². The molecule has 0 unspecified atom stereocenters. The van der Waals surface area contributed by atoms with Crippen LogP contribution in [0.25, 0.3) is 0 Å². The highest BCUT2D eigenvalue weighted by Gasteiger charge is 2.71. The third kappa shape index (κ3) is 2.69. The number of thioether (sulfide) groups is 1. The molecule has 2 aromatic rings. The van der Waals surface area contributed by atoms with Crippen molar-refractivity contribution in [1.82, 2.24) is 0 Å². The van der Waals surface area contributed by atoms with Crippen LogP contribution in [0.2, 0.25) is 0 Å². The van der Waals surface area contributed by atoms with Gasteiger partial charge in [0.25, 0.3) is 0 Å². The Labute approximate surface area is 197 Å². The molecule has 5 heteroatoms. The Morgan fingerprint density at radius 3 is 1.48 bits per heavy atom. The summed E-state index contributed by atoms with van der Waals surface area (Å²) in [4.78, 5) is 28.3. The first-order chi connectivity index (χ1) is 14.8. The van der Waals surface area contributed by atoms with Crippen molar-refractivity contribution in [3.8, 4) is 0 Å². The average Bonchev–Trinajstić information content (AvgIpc) is 3.21. The van der Waals surface area contributed by atoms with Gasteiger partial charge in [-0.05, 0) is 36.8 Å². The van der Waals surface area contributed by atoms with Crippen LogP contribution in [0.4, 0.5) is 0 Å². The maximum Gasteiger partial charge on any atom is 0.190 e. The molecule has 162 valence electrons. The zero-order valence-corrected chi connectivity index (χ0v) is 20.9. The summed E-state index contributed by atoms with van der Waals surface area (Å²) >= 11 is 1.69.